The summed E-state index contributed by atoms with van der Waals surface area (Å²) in [4.78, 5) is 11.8. The fraction of sp³-hybridized carbons (Fsp3) is 0.357. The molecule has 0 N–H and O–H groups in total. The Balaban J connectivity index is 2.54. The highest BCUT2D eigenvalue weighted by atomic mass is 79.9. The average Bonchev–Trinajstić information content (AvgIpc) is 2.36. The number of rotatable bonds is 6. The molecule has 92 valence electrons. The summed E-state index contributed by atoms with van der Waals surface area (Å²) in [6, 6.07) is 7.23. The summed E-state index contributed by atoms with van der Waals surface area (Å²) in [5, 5.41) is 0.933. The molecule has 0 radical (unpaired) electrons. The molecule has 1 aromatic carbocycles. The van der Waals surface area contributed by atoms with Crippen molar-refractivity contribution in [3.8, 4) is 0 Å². The van der Waals surface area contributed by atoms with Crippen molar-refractivity contribution in [1.29, 1.82) is 0 Å². The number of ether oxygens (including phenoxy) is 1. The second-order valence-corrected chi connectivity index (χ2v) is 4.67. The van der Waals surface area contributed by atoms with Crippen LogP contribution in [-0.4, -0.2) is 17.4 Å². The van der Waals surface area contributed by atoms with E-state index in [1.807, 2.05) is 19.1 Å². The molecule has 0 heterocycles. The smallest absolute Gasteiger partial charge is 0.338 e. The number of alkyl halides is 1. The summed E-state index contributed by atoms with van der Waals surface area (Å²) in [7, 11) is 0. The molecule has 17 heavy (non-hydrogen) atoms. The van der Waals surface area contributed by atoms with Gasteiger partial charge in [-0.05, 0) is 37.5 Å². The van der Waals surface area contributed by atoms with E-state index in [4.69, 9.17) is 4.74 Å². The van der Waals surface area contributed by atoms with Crippen LogP contribution in [0.4, 0.5) is 0 Å². The van der Waals surface area contributed by atoms with Gasteiger partial charge in [0.15, 0.2) is 0 Å². The third kappa shape index (κ3) is 4.73. The first-order valence-corrected chi connectivity index (χ1v) is 6.79. The molecule has 0 aromatic heterocycles. The van der Waals surface area contributed by atoms with E-state index in [2.05, 4.69) is 22.5 Å². The maximum absolute atomic E-state index is 11.8. The first-order chi connectivity index (χ1) is 8.17. The summed E-state index contributed by atoms with van der Waals surface area (Å²) in [6.45, 7) is 5.58. The third-order valence-electron chi connectivity index (χ3n) is 2.43. The molecule has 0 aliphatic carbocycles. The molecule has 1 rings (SSSR count). The van der Waals surface area contributed by atoms with Crippen molar-refractivity contribution in [2.24, 2.45) is 0 Å². The van der Waals surface area contributed by atoms with Gasteiger partial charge in [-0.15, -0.1) is 0 Å². The van der Waals surface area contributed by atoms with Crippen molar-refractivity contribution in [2.75, 3.05) is 5.33 Å². The Morgan fingerprint density at radius 2 is 2.12 bits per heavy atom. The standard InChI is InChI=1S/C14H17BrO2/c1-3-12-6-8-13(9-7-12)14(16)17-11(2)5-4-10-15/h3,6-9,11H,1,4-5,10H2,2H3. The van der Waals surface area contributed by atoms with Gasteiger partial charge in [0.1, 0.15) is 0 Å². The van der Waals surface area contributed by atoms with Gasteiger partial charge in [-0.25, -0.2) is 4.79 Å². The molecular formula is C14H17BrO2. The van der Waals surface area contributed by atoms with Crippen LogP contribution in [-0.2, 0) is 4.74 Å². The molecule has 0 bridgehead atoms. The Kier molecular flexibility index (Phi) is 5.98. The molecule has 0 spiro atoms. The van der Waals surface area contributed by atoms with Gasteiger partial charge in [0.25, 0.3) is 0 Å². The minimum atomic E-state index is -0.261. The van der Waals surface area contributed by atoms with Crippen molar-refractivity contribution in [2.45, 2.75) is 25.9 Å². The second-order valence-electron chi connectivity index (χ2n) is 3.87. The Hall–Kier alpha value is -1.09. The monoisotopic (exact) mass is 296 g/mol. The van der Waals surface area contributed by atoms with Gasteiger partial charge in [0.05, 0.1) is 11.7 Å². The number of hydrogen-bond donors (Lipinski definition) is 0. The second kappa shape index (κ2) is 7.28. The number of esters is 1. The maximum atomic E-state index is 11.8. The molecule has 1 atom stereocenters. The van der Waals surface area contributed by atoms with Gasteiger partial charge >= 0.3 is 5.97 Å². The minimum absolute atomic E-state index is 0.0425. The highest BCUT2D eigenvalue weighted by Gasteiger charge is 2.11. The van der Waals surface area contributed by atoms with Crippen molar-refractivity contribution >= 4 is 28.0 Å². The summed E-state index contributed by atoms with van der Waals surface area (Å²) >= 11 is 3.36. The number of benzene rings is 1. The highest BCUT2D eigenvalue weighted by molar-refractivity contribution is 9.09. The van der Waals surface area contributed by atoms with Crippen LogP contribution >= 0.6 is 15.9 Å². The molecule has 3 heteroatoms. The van der Waals surface area contributed by atoms with Crippen LogP contribution in [0.2, 0.25) is 0 Å². The lowest BCUT2D eigenvalue weighted by molar-refractivity contribution is 0.0324. The fourth-order valence-electron chi connectivity index (χ4n) is 1.43. The number of carbonyl (C=O) groups is 1. The largest absolute Gasteiger partial charge is 0.459 e. The molecule has 0 saturated heterocycles. The van der Waals surface area contributed by atoms with E-state index >= 15 is 0 Å². The van der Waals surface area contributed by atoms with Gasteiger partial charge < -0.3 is 4.74 Å². The zero-order valence-electron chi connectivity index (χ0n) is 9.99. The van der Waals surface area contributed by atoms with E-state index in [9.17, 15) is 4.79 Å². The summed E-state index contributed by atoms with van der Waals surface area (Å²) in [5.41, 5.74) is 1.58. The van der Waals surface area contributed by atoms with Gasteiger partial charge in [-0.1, -0.05) is 40.7 Å². The molecule has 0 aliphatic rings. The van der Waals surface area contributed by atoms with Gasteiger partial charge in [0.2, 0.25) is 0 Å². The molecule has 1 unspecified atom stereocenters. The van der Waals surface area contributed by atoms with Crippen LogP contribution in [0, 0.1) is 0 Å². The molecular weight excluding hydrogens is 280 g/mol. The van der Waals surface area contributed by atoms with Crippen LogP contribution < -0.4 is 0 Å². The van der Waals surface area contributed by atoms with E-state index in [0.717, 1.165) is 23.7 Å². The van der Waals surface area contributed by atoms with E-state index in [1.54, 1.807) is 18.2 Å². The van der Waals surface area contributed by atoms with E-state index in [1.165, 1.54) is 0 Å². The maximum Gasteiger partial charge on any atom is 0.338 e. The van der Waals surface area contributed by atoms with E-state index in [0.29, 0.717) is 5.56 Å². The predicted molar refractivity (Wildman–Crippen MR) is 74.4 cm³/mol. The van der Waals surface area contributed by atoms with Crippen LogP contribution in [0.3, 0.4) is 0 Å². The van der Waals surface area contributed by atoms with Crippen LogP contribution in [0.15, 0.2) is 30.8 Å². The van der Waals surface area contributed by atoms with Crippen molar-refractivity contribution in [3.05, 3.63) is 42.0 Å². The van der Waals surface area contributed by atoms with E-state index in [-0.39, 0.29) is 12.1 Å². The zero-order valence-corrected chi connectivity index (χ0v) is 11.6. The lowest BCUT2D eigenvalue weighted by atomic mass is 10.1. The molecule has 0 fully saturated rings. The number of halogens is 1. The zero-order chi connectivity index (χ0) is 12.7. The quantitative estimate of drug-likeness (QED) is 0.585. The van der Waals surface area contributed by atoms with Gasteiger partial charge in [0, 0.05) is 5.33 Å². The predicted octanol–water partition coefficient (Wildman–Crippen LogP) is 4.05. The van der Waals surface area contributed by atoms with Crippen LogP contribution in [0.5, 0.6) is 0 Å². The molecule has 0 amide bonds. The molecule has 0 saturated carbocycles. The lowest BCUT2D eigenvalue weighted by Crippen LogP contribution is -2.15. The van der Waals surface area contributed by atoms with Crippen molar-refractivity contribution < 1.29 is 9.53 Å². The van der Waals surface area contributed by atoms with Crippen molar-refractivity contribution in [1.82, 2.24) is 0 Å². The summed E-state index contributed by atoms with van der Waals surface area (Å²) in [6.07, 6.45) is 3.58. The lowest BCUT2D eigenvalue weighted by Gasteiger charge is -2.12. The SMILES string of the molecule is C=Cc1ccc(C(=O)OC(C)CCCBr)cc1. The van der Waals surface area contributed by atoms with Gasteiger partial charge in [-0.2, -0.15) is 0 Å². The summed E-state index contributed by atoms with van der Waals surface area (Å²) < 4.78 is 5.33. The number of carbonyl (C=O) groups excluding carboxylic acids is 1. The average molecular weight is 297 g/mol. The molecule has 1 aromatic rings. The minimum Gasteiger partial charge on any atom is -0.459 e. The Morgan fingerprint density at radius 1 is 1.47 bits per heavy atom. The van der Waals surface area contributed by atoms with Crippen LogP contribution in [0.25, 0.3) is 6.08 Å². The number of hydrogen-bond acceptors (Lipinski definition) is 2. The fourth-order valence-corrected chi connectivity index (χ4v) is 1.75. The first-order valence-electron chi connectivity index (χ1n) is 5.67. The Bertz CT molecular complexity index is 370. The normalized spacial score (nSPS) is 11.9. The topological polar surface area (TPSA) is 26.3 Å². The third-order valence-corrected chi connectivity index (χ3v) is 3.00. The Labute approximate surface area is 111 Å². The van der Waals surface area contributed by atoms with Crippen molar-refractivity contribution in [3.63, 3.8) is 0 Å². The summed E-state index contributed by atoms with van der Waals surface area (Å²) in [5.74, 6) is -0.261. The first kappa shape index (κ1) is 14.0. The van der Waals surface area contributed by atoms with Gasteiger partial charge in [-0.3, -0.25) is 0 Å². The molecule has 2 nitrogen and oxygen atoms in total. The molecule has 0 aliphatic heterocycles. The highest BCUT2D eigenvalue weighted by Crippen LogP contribution is 2.10. The van der Waals surface area contributed by atoms with E-state index < -0.39 is 0 Å². The Morgan fingerprint density at radius 3 is 2.65 bits per heavy atom. The van der Waals surface area contributed by atoms with Crippen LogP contribution in [0.1, 0.15) is 35.7 Å².